The molecule has 0 amide bonds. The zero-order valence-electron chi connectivity index (χ0n) is 23.3. The Morgan fingerprint density at radius 3 is 2.55 bits per heavy atom. The van der Waals surface area contributed by atoms with Crippen LogP contribution in [0, 0.1) is 5.41 Å². The summed E-state index contributed by atoms with van der Waals surface area (Å²) in [5.74, 6) is 1.36. The van der Waals surface area contributed by atoms with Crippen molar-refractivity contribution in [1.29, 1.82) is 0 Å². The first-order valence-corrected chi connectivity index (χ1v) is 13.5. The Morgan fingerprint density at radius 2 is 1.84 bits per heavy atom. The van der Waals surface area contributed by atoms with E-state index in [0.717, 1.165) is 54.4 Å². The summed E-state index contributed by atoms with van der Waals surface area (Å²) in [4.78, 5) is 15.2. The third kappa shape index (κ3) is 6.98. The van der Waals surface area contributed by atoms with Gasteiger partial charge in [-0.25, -0.2) is 0 Å². The number of esters is 1. The second kappa shape index (κ2) is 12.8. The molecule has 2 heterocycles. The molecule has 3 atom stereocenters. The number of hydrogen-bond acceptors (Lipinski definition) is 8. The number of methoxy groups -OCH3 is 2. The summed E-state index contributed by atoms with van der Waals surface area (Å²) in [6.45, 7) is 10.5. The summed E-state index contributed by atoms with van der Waals surface area (Å²) >= 11 is 0. The van der Waals surface area contributed by atoms with Crippen molar-refractivity contribution in [3.8, 4) is 11.5 Å². The maximum Gasteiger partial charge on any atom is 0.311 e. The zero-order valence-corrected chi connectivity index (χ0v) is 23.3. The van der Waals surface area contributed by atoms with Gasteiger partial charge in [-0.1, -0.05) is 18.2 Å². The molecule has 8 nitrogen and oxygen atoms in total. The summed E-state index contributed by atoms with van der Waals surface area (Å²) in [6, 6.07) is 14.2. The summed E-state index contributed by atoms with van der Waals surface area (Å²) in [7, 11) is 3.39. The van der Waals surface area contributed by atoms with Crippen molar-refractivity contribution in [1.82, 2.24) is 5.32 Å². The molecule has 2 aliphatic heterocycles. The van der Waals surface area contributed by atoms with Gasteiger partial charge in [0.15, 0.2) is 0 Å². The average Bonchev–Trinajstić information content (AvgIpc) is 2.92. The van der Waals surface area contributed by atoms with E-state index >= 15 is 0 Å². The fourth-order valence-electron chi connectivity index (χ4n) is 4.95. The maximum absolute atomic E-state index is 12.8. The number of nitrogens with zero attached hydrogens (tertiary/aromatic N) is 1. The molecule has 38 heavy (non-hydrogen) atoms. The Balaban J connectivity index is 1.52. The van der Waals surface area contributed by atoms with E-state index in [4.69, 9.17) is 23.7 Å². The van der Waals surface area contributed by atoms with Gasteiger partial charge in [-0.2, -0.15) is 0 Å². The molecule has 0 spiro atoms. The summed E-state index contributed by atoms with van der Waals surface area (Å²) < 4.78 is 29.1. The Labute approximate surface area is 226 Å². The molecule has 2 aliphatic rings. The monoisotopic (exact) mass is 526 g/mol. The van der Waals surface area contributed by atoms with E-state index in [0.29, 0.717) is 26.3 Å². The number of fused-ring (bicyclic) bond motifs is 1. The highest BCUT2D eigenvalue weighted by atomic mass is 16.6. The minimum Gasteiger partial charge on any atom is -0.497 e. The molecular weight excluding hydrogens is 484 g/mol. The highest BCUT2D eigenvalue weighted by Crippen LogP contribution is 2.35. The van der Waals surface area contributed by atoms with Crippen LogP contribution < -0.4 is 19.7 Å². The standard InChI is InChI=1S/C30H42N2O6/c1-30(2,3)29(33)38-27-19-31-18-26(28(27)22-8-10-23(35-5)11-9-22)37-20-21-7-12-25-24(17-21)32(14-16-36-25)13-6-15-34-4/h7-12,17,26-28,31H,6,13-16,18-20H2,1-5H3. The second-order valence-electron chi connectivity index (χ2n) is 11.0. The first-order chi connectivity index (χ1) is 18.3. The van der Waals surface area contributed by atoms with Crippen molar-refractivity contribution in [2.45, 2.75) is 51.9 Å². The molecule has 2 aromatic rings. The predicted octanol–water partition coefficient (Wildman–Crippen LogP) is 4.16. The molecule has 3 unspecified atom stereocenters. The van der Waals surface area contributed by atoms with Gasteiger partial charge >= 0.3 is 5.97 Å². The number of ether oxygens (including phenoxy) is 5. The van der Waals surface area contributed by atoms with Crippen LogP contribution in [0.2, 0.25) is 0 Å². The Hall–Kier alpha value is -2.81. The maximum atomic E-state index is 12.8. The van der Waals surface area contributed by atoms with Crippen molar-refractivity contribution >= 4 is 11.7 Å². The lowest BCUT2D eigenvalue weighted by atomic mass is 9.85. The van der Waals surface area contributed by atoms with E-state index in [1.54, 1.807) is 14.2 Å². The van der Waals surface area contributed by atoms with Gasteiger partial charge in [0.25, 0.3) is 0 Å². The lowest BCUT2D eigenvalue weighted by Crippen LogP contribution is -2.52. The lowest BCUT2D eigenvalue weighted by Gasteiger charge is -2.39. The van der Waals surface area contributed by atoms with Gasteiger partial charge in [-0.15, -0.1) is 0 Å². The highest BCUT2D eigenvalue weighted by Gasteiger charge is 2.39. The SMILES string of the molecule is COCCCN1CCOc2ccc(COC3CNCC(OC(=O)C(C)(C)C)C3c3ccc(OC)cc3)cc21. The number of carbonyl (C=O) groups excluding carboxylic acids is 1. The molecule has 0 saturated carbocycles. The molecule has 1 N–H and O–H groups in total. The van der Waals surface area contributed by atoms with Crippen LogP contribution in [0.25, 0.3) is 0 Å². The lowest BCUT2D eigenvalue weighted by molar-refractivity contribution is -0.163. The fourth-order valence-corrected chi connectivity index (χ4v) is 4.95. The van der Waals surface area contributed by atoms with Gasteiger partial charge in [-0.3, -0.25) is 4.79 Å². The summed E-state index contributed by atoms with van der Waals surface area (Å²) in [6.07, 6.45) is 0.435. The Kier molecular flexibility index (Phi) is 9.52. The molecule has 2 aromatic carbocycles. The largest absolute Gasteiger partial charge is 0.497 e. The van der Waals surface area contributed by atoms with Crippen molar-refractivity contribution in [3.63, 3.8) is 0 Å². The number of hydrogen-bond donors (Lipinski definition) is 1. The number of piperidine rings is 1. The Bertz CT molecular complexity index is 1050. The van der Waals surface area contributed by atoms with Crippen LogP contribution in [0.15, 0.2) is 42.5 Å². The second-order valence-corrected chi connectivity index (χ2v) is 11.0. The van der Waals surface area contributed by atoms with Crippen LogP contribution >= 0.6 is 0 Å². The number of benzene rings is 2. The number of carbonyl (C=O) groups is 1. The van der Waals surface area contributed by atoms with Gasteiger partial charge in [0.1, 0.15) is 24.2 Å². The van der Waals surface area contributed by atoms with Crippen LogP contribution in [-0.2, 0) is 25.6 Å². The fraction of sp³-hybridized carbons (Fsp3) is 0.567. The smallest absolute Gasteiger partial charge is 0.311 e. The van der Waals surface area contributed by atoms with E-state index < -0.39 is 5.41 Å². The van der Waals surface area contributed by atoms with E-state index in [1.807, 2.05) is 51.1 Å². The normalized spacial score (nSPS) is 21.4. The number of anilines is 1. The van der Waals surface area contributed by atoms with Crippen molar-refractivity contribution in [2.24, 2.45) is 5.41 Å². The molecule has 0 aromatic heterocycles. The summed E-state index contributed by atoms with van der Waals surface area (Å²) in [5.41, 5.74) is 2.65. The molecule has 1 saturated heterocycles. The number of nitrogens with one attached hydrogen (secondary N) is 1. The number of rotatable bonds is 10. The minimum atomic E-state index is -0.585. The molecule has 0 aliphatic carbocycles. The average molecular weight is 527 g/mol. The zero-order chi connectivity index (χ0) is 27.1. The van der Waals surface area contributed by atoms with Gasteiger partial charge in [0.2, 0.25) is 0 Å². The van der Waals surface area contributed by atoms with Crippen LogP contribution in [0.1, 0.15) is 44.2 Å². The third-order valence-corrected chi connectivity index (χ3v) is 7.09. The first kappa shape index (κ1) is 28.2. The van der Waals surface area contributed by atoms with E-state index in [-0.39, 0.29) is 24.1 Å². The van der Waals surface area contributed by atoms with Crippen molar-refractivity contribution in [2.75, 3.05) is 58.5 Å². The molecule has 0 radical (unpaired) electrons. The van der Waals surface area contributed by atoms with Gasteiger partial charge in [0, 0.05) is 39.3 Å². The van der Waals surface area contributed by atoms with Gasteiger partial charge in [0.05, 0.1) is 37.5 Å². The van der Waals surface area contributed by atoms with Crippen LogP contribution in [-0.4, -0.2) is 71.8 Å². The highest BCUT2D eigenvalue weighted by molar-refractivity contribution is 5.75. The van der Waals surface area contributed by atoms with Gasteiger partial charge < -0.3 is 33.9 Å². The van der Waals surface area contributed by atoms with Crippen molar-refractivity contribution < 1.29 is 28.5 Å². The molecule has 4 rings (SSSR count). The van der Waals surface area contributed by atoms with Crippen LogP contribution in [0.3, 0.4) is 0 Å². The molecule has 8 heteroatoms. The molecule has 0 bridgehead atoms. The van der Waals surface area contributed by atoms with Crippen molar-refractivity contribution in [3.05, 3.63) is 53.6 Å². The summed E-state index contributed by atoms with van der Waals surface area (Å²) in [5, 5.41) is 3.42. The van der Waals surface area contributed by atoms with E-state index in [9.17, 15) is 4.79 Å². The molecular formula is C30H42N2O6. The van der Waals surface area contributed by atoms with Crippen LogP contribution in [0.4, 0.5) is 5.69 Å². The minimum absolute atomic E-state index is 0.111. The third-order valence-electron chi connectivity index (χ3n) is 7.09. The predicted molar refractivity (Wildman–Crippen MR) is 147 cm³/mol. The van der Waals surface area contributed by atoms with Crippen LogP contribution in [0.5, 0.6) is 11.5 Å². The van der Waals surface area contributed by atoms with E-state index in [2.05, 4.69) is 22.3 Å². The topological polar surface area (TPSA) is 78.5 Å². The molecule has 1 fully saturated rings. The quantitative estimate of drug-likeness (QED) is 0.365. The first-order valence-electron chi connectivity index (χ1n) is 13.5. The molecule has 208 valence electrons. The van der Waals surface area contributed by atoms with E-state index in [1.165, 1.54) is 0 Å². The Morgan fingerprint density at radius 1 is 1.08 bits per heavy atom. The van der Waals surface area contributed by atoms with Gasteiger partial charge in [-0.05, 0) is 62.6 Å².